The van der Waals surface area contributed by atoms with E-state index < -0.39 is 6.10 Å². The molecule has 0 rings (SSSR count). The SMILES string of the molecule is CC/C=C\C/C=C\C/C=C\C/C=C\C/C=C\CCCCCCCCCCCC(=O)OCC(COC(=O)CCCCCCCCCCCC)OC(=O)CCCCCCCCCCCCCCCCCCCCCCCCCCC. The first-order chi connectivity index (χ1) is 38.5. The summed E-state index contributed by atoms with van der Waals surface area (Å²) in [6.45, 7) is 6.57. The minimum Gasteiger partial charge on any atom is -0.462 e. The molecule has 0 aromatic carbocycles. The molecular weight excluding hydrogens is 961 g/mol. The average Bonchev–Trinajstić information content (AvgIpc) is 3.44. The van der Waals surface area contributed by atoms with Crippen molar-refractivity contribution in [2.45, 2.75) is 367 Å². The number of unbranched alkanes of at least 4 members (excludes halogenated alkanes) is 42. The highest BCUT2D eigenvalue weighted by Gasteiger charge is 2.19. The number of hydrogen-bond donors (Lipinski definition) is 0. The third-order valence-corrected chi connectivity index (χ3v) is 15.3. The lowest BCUT2D eigenvalue weighted by Crippen LogP contribution is -2.30. The van der Waals surface area contributed by atoms with Crippen molar-refractivity contribution in [3.05, 3.63) is 60.8 Å². The zero-order valence-corrected chi connectivity index (χ0v) is 52.2. The van der Waals surface area contributed by atoms with Gasteiger partial charge < -0.3 is 14.2 Å². The first kappa shape index (κ1) is 75.1. The van der Waals surface area contributed by atoms with Gasteiger partial charge in [0, 0.05) is 19.3 Å². The maximum absolute atomic E-state index is 12.9. The summed E-state index contributed by atoms with van der Waals surface area (Å²) in [5, 5.41) is 0. The van der Waals surface area contributed by atoms with Crippen LogP contribution in [-0.4, -0.2) is 37.2 Å². The van der Waals surface area contributed by atoms with E-state index in [2.05, 4.69) is 81.5 Å². The van der Waals surface area contributed by atoms with Crippen LogP contribution in [0.1, 0.15) is 361 Å². The number of hydrogen-bond acceptors (Lipinski definition) is 6. The Morgan fingerprint density at radius 1 is 0.269 bits per heavy atom. The van der Waals surface area contributed by atoms with Crippen LogP contribution in [0, 0.1) is 0 Å². The molecule has 0 saturated heterocycles. The Balaban J connectivity index is 4.19. The van der Waals surface area contributed by atoms with E-state index in [0.717, 1.165) is 96.3 Å². The molecule has 0 fully saturated rings. The highest BCUT2D eigenvalue weighted by molar-refractivity contribution is 5.71. The van der Waals surface area contributed by atoms with Crippen molar-refractivity contribution >= 4 is 17.9 Å². The summed E-state index contributed by atoms with van der Waals surface area (Å²) >= 11 is 0. The predicted octanol–water partition coefficient (Wildman–Crippen LogP) is 23.5. The molecule has 0 radical (unpaired) electrons. The molecule has 454 valence electrons. The summed E-state index contributed by atoms with van der Waals surface area (Å²) in [6, 6.07) is 0. The largest absolute Gasteiger partial charge is 0.462 e. The van der Waals surface area contributed by atoms with Crippen LogP contribution in [0.15, 0.2) is 60.8 Å². The number of ether oxygens (including phenoxy) is 3. The number of carbonyl (C=O) groups excluding carboxylic acids is 3. The van der Waals surface area contributed by atoms with Crippen molar-refractivity contribution in [1.29, 1.82) is 0 Å². The van der Waals surface area contributed by atoms with Crippen LogP contribution in [0.5, 0.6) is 0 Å². The van der Waals surface area contributed by atoms with E-state index in [1.165, 1.54) is 225 Å². The molecule has 6 nitrogen and oxygen atoms in total. The Hall–Kier alpha value is -2.89. The predicted molar refractivity (Wildman–Crippen MR) is 339 cm³/mol. The van der Waals surface area contributed by atoms with E-state index in [1.807, 2.05) is 0 Å². The smallest absolute Gasteiger partial charge is 0.306 e. The van der Waals surface area contributed by atoms with Crippen molar-refractivity contribution in [2.24, 2.45) is 0 Å². The minimum atomic E-state index is -0.774. The second-order valence-electron chi connectivity index (χ2n) is 23.1. The maximum atomic E-state index is 12.9. The summed E-state index contributed by atoms with van der Waals surface area (Å²) in [4.78, 5) is 38.3. The van der Waals surface area contributed by atoms with Gasteiger partial charge in [0.2, 0.25) is 0 Å². The van der Waals surface area contributed by atoms with Crippen molar-refractivity contribution in [3.8, 4) is 0 Å². The van der Waals surface area contributed by atoms with Gasteiger partial charge in [0.25, 0.3) is 0 Å². The van der Waals surface area contributed by atoms with Crippen molar-refractivity contribution in [3.63, 3.8) is 0 Å². The van der Waals surface area contributed by atoms with E-state index in [9.17, 15) is 14.4 Å². The van der Waals surface area contributed by atoms with Crippen molar-refractivity contribution in [2.75, 3.05) is 13.2 Å². The first-order valence-electron chi connectivity index (χ1n) is 34.3. The topological polar surface area (TPSA) is 78.9 Å². The number of esters is 3. The fourth-order valence-corrected chi connectivity index (χ4v) is 10.2. The molecule has 0 aromatic heterocycles. The van der Waals surface area contributed by atoms with E-state index in [0.29, 0.717) is 19.3 Å². The molecule has 0 heterocycles. The molecule has 0 aliphatic carbocycles. The maximum Gasteiger partial charge on any atom is 0.306 e. The lowest BCUT2D eigenvalue weighted by atomic mass is 10.0. The summed E-state index contributed by atoms with van der Waals surface area (Å²) in [5.41, 5.74) is 0. The molecule has 0 aliphatic rings. The Kier molecular flexibility index (Phi) is 64.2. The van der Waals surface area contributed by atoms with E-state index in [1.54, 1.807) is 0 Å². The van der Waals surface area contributed by atoms with E-state index in [4.69, 9.17) is 14.2 Å². The van der Waals surface area contributed by atoms with Crippen molar-refractivity contribution < 1.29 is 28.6 Å². The lowest BCUT2D eigenvalue weighted by Gasteiger charge is -2.18. The minimum absolute atomic E-state index is 0.0710. The molecule has 0 aromatic rings. The summed E-state index contributed by atoms with van der Waals surface area (Å²) in [6.07, 6.45) is 85.4. The zero-order valence-electron chi connectivity index (χ0n) is 52.2. The van der Waals surface area contributed by atoms with E-state index in [-0.39, 0.29) is 31.1 Å². The fraction of sp³-hybridized carbons (Fsp3) is 0.819. The van der Waals surface area contributed by atoms with Gasteiger partial charge in [0.05, 0.1) is 0 Å². The molecule has 0 N–H and O–H groups in total. The van der Waals surface area contributed by atoms with Crippen LogP contribution in [-0.2, 0) is 28.6 Å². The second kappa shape index (κ2) is 66.6. The Morgan fingerprint density at radius 2 is 0.500 bits per heavy atom. The van der Waals surface area contributed by atoms with Gasteiger partial charge in [0.1, 0.15) is 13.2 Å². The Morgan fingerprint density at radius 3 is 0.782 bits per heavy atom. The highest BCUT2D eigenvalue weighted by atomic mass is 16.6. The van der Waals surface area contributed by atoms with Gasteiger partial charge in [-0.1, -0.05) is 338 Å². The molecule has 1 unspecified atom stereocenters. The molecule has 0 bridgehead atoms. The normalized spacial score (nSPS) is 12.4. The molecule has 0 saturated carbocycles. The summed E-state index contributed by atoms with van der Waals surface area (Å²) in [5.74, 6) is -0.856. The highest BCUT2D eigenvalue weighted by Crippen LogP contribution is 2.18. The molecule has 6 heteroatoms. The van der Waals surface area contributed by atoms with Crippen LogP contribution >= 0.6 is 0 Å². The molecule has 1 atom stereocenters. The third-order valence-electron chi connectivity index (χ3n) is 15.3. The second-order valence-corrected chi connectivity index (χ2v) is 23.1. The number of carbonyl (C=O) groups is 3. The molecule has 0 spiro atoms. The standard InChI is InChI=1S/C72H130O6/c1-4-7-10-13-16-19-22-24-26-28-30-32-34-36-38-40-42-44-46-48-50-53-56-59-62-65-71(74)77-68-69(67-76-70(73)64-61-58-55-52-21-18-15-12-9-6-3)78-72(75)66-63-60-57-54-51-49-47-45-43-41-39-37-35-33-31-29-27-25-23-20-17-14-11-8-5-2/h7,10,16,19,24,26,30,32,36,38,69H,4-6,8-9,11-15,17-18,20-23,25,27-29,31,33-35,37,39-68H2,1-3H3/b10-7-,19-16-,26-24-,32-30-,38-36-. The Labute approximate surface area is 485 Å². The first-order valence-corrected chi connectivity index (χ1v) is 34.3. The van der Waals surface area contributed by atoms with Gasteiger partial charge >= 0.3 is 17.9 Å². The van der Waals surface area contributed by atoms with Gasteiger partial charge in [-0.05, 0) is 64.2 Å². The van der Waals surface area contributed by atoms with Crippen LogP contribution in [0.4, 0.5) is 0 Å². The number of allylic oxidation sites excluding steroid dienone is 10. The monoisotopic (exact) mass is 1090 g/mol. The number of rotatable bonds is 63. The van der Waals surface area contributed by atoms with Crippen LogP contribution < -0.4 is 0 Å². The summed E-state index contributed by atoms with van der Waals surface area (Å²) in [7, 11) is 0. The van der Waals surface area contributed by atoms with Gasteiger partial charge in [-0.3, -0.25) is 14.4 Å². The zero-order chi connectivity index (χ0) is 56.4. The van der Waals surface area contributed by atoms with Crippen LogP contribution in [0.2, 0.25) is 0 Å². The summed E-state index contributed by atoms with van der Waals surface area (Å²) < 4.78 is 16.9. The molecule has 0 amide bonds. The van der Waals surface area contributed by atoms with E-state index >= 15 is 0 Å². The third kappa shape index (κ3) is 63.9. The molecular formula is C72H130O6. The fourth-order valence-electron chi connectivity index (χ4n) is 10.2. The molecule has 0 aliphatic heterocycles. The van der Waals surface area contributed by atoms with Gasteiger partial charge in [-0.25, -0.2) is 0 Å². The quantitative estimate of drug-likeness (QED) is 0.0261. The van der Waals surface area contributed by atoms with Gasteiger partial charge in [-0.15, -0.1) is 0 Å². The van der Waals surface area contributed by atoms with Gasteiger partial charge in [0.15, 0.2) is 6.10 Å². The van der Waals surface area contributed by atoms with Crippen LogP contribution in [0.25, 0.3) is 0 Å². The van der Waals surface area contributed by atoms with Crippen LogP contribution in [0.3, 0.4) is 0 Å². The van der Waals surface area contributed by atoms with Crippen molar-refractivity contribution in [1.82, 2.24) is 0 Å². The Bertz CT molecular complexity index is 1390. The average molecular weight is 1090 g/mol. The van der Waals surface area contributed by atoms with Gasteiger partial charge in [-0.2, -0.15) is 0 Å². The molecule has 78 heavy (non-hydrogen) atoms. The lowest BCUT2D eigenvalue weighted by molar-refractivity contribution is -0.167.